The fourth-order valence-electron chi connectivity index (χ4n) is 4.09. The molecule has 0 saturated heterocycles. The molecule has 36 heavy (non-hydrogen) atoms. The van der Waals surface area contributed by atoms with Gasteiger partial charge in [0.25, 0.3) is 5.56 Å². The average Bonchev–Trinajstić information content (AvgIpc) is 3.26. The Labute approximate surface area is 203 Å². The molecule has 3 heterocycles. The molecular weight excluding hydrogens is 469 g/mol. The fourth-order valence-corrected chi connectivity index (χ4v) is 4.09. The summed E-state index contributed by atoms with van der Waals surface area (Å²) in [6.07, 6.45) is -1.12. The molecule has 3 aromatic heterocycles. The average molecular weight is 490 g/mol. The number of halogens is 3. The molecular formula is C26H21F3N6O. The fraction of sp³-hybridized carbons (Fsp3) is 0.154. The van der Waals surface area contributed by atoms with E-state index in [1.165, 1.54) is 22.8 Å². The van der Waals surface area contributed by atoms with Crippen LogP contribution >= 0.6 is 0 Å². The van der Waals surface area contributed by atoms with Gasteiger partial charge in [-0.2, -0.15) is 18.3 Å². The molecule has 10 heteroatoms. The van der Waals surface area contributed by atoms with Crippen LogP contribution in [0.25, 0.3) is 27.8 Å². The van der Waals surface area contributed by atoms with Crippen molar-refractivity contribution in [3.63, 3.8) is 0 Å². The van der Waals surface area contributed by atoms with E-state index in [4.69, 9.17) is 5.10 Å². The molecule has 0 saturated carbocycles. The van der Waals surface area contributed by atoms with E-state index >= 15 is 0 Å². The van der Waals surface area contributed by atoms with Crippen molar-refractivity contribution >= 4 is 16.9 Å². The summed E-state index contributed by atoms with van der Waals surface area (Å²) in [4.78, 5) is 21.4. The molecule has 7 nitrogen and oxygen atoms in total. The van der Waals surface area contributed by atoms with Gasteiger partial charge in [0.1, 0.15) is 5.69 Å². The van der Waals surface area contributed by atoms with Crippen LogP contribution in [0.3, 0.4) is 0 Å². The highest BCUT2D eigenvalue weighted by Crippen LogP contribution is 2.33. The Morgan fingerprint density at radius 3 is 2.50 bits per heavy atom. The maximum atomic E-state index is 13.0. The lowest BCUT2D eigenvalue weighted by molar-refractivity contribution is -0.137. The number of aromatic nitrogens is 5. The van der Waals surface area contributed by atoms with Gasteiger partial charge in [0.2, 0.25) is 5.95 Å². The molecule has 182 valence electrons. The number of anilines is 1. The van der Waals surface area contributed by atoms with Crippen molar-refractivity contribution in [3.05, 3.63) is 100 Å². The van der Waals surface area contributed by atoms with Gasteiger partial charge in [-0.25, -0.2) is 14.6 Å². The Kier molecular flexibility index (Phi) is 5.79. The van der Waals surface area contributed by atoms with E-state index in [2.05, 4.69) is 15.3 Å². The van der Waals surface area contributed by atoms with Gasteiger partial charge < -0.3 is 9.88 Å². The first kappa shape index (κ1) is 23.3. The molecule has 1 N–H and O–H groups in total. The lowest BCUT2D eigenvalue weighted by atomic mass is 10.1. The van der Waals surface area contributed by atoms with Crippen LogP contribution in [0.2, 0.25) is 0 Å². The predicted octanol–water partition coefficient (Wildman–Crippen LogP) is 5.06. The third-order valence-corrected chi connectivity index (χ3v) is 5.88. The highest BCUT2D eigenvalue weighted by Gasteiger charge is 2.30. The number of nitrogens with zero attached hydrogens (tertiary/aromatic N) is 5. The molecule has 0 unspecified atom stereocenters. The van der Waals surface area contributed by atoms with Gasteiger partial charge in [0.05, 0.1) is 29.0 Å². The van der Waals surface area contributed by atoms with Crippen LogP contribution in [0.15, 0.2) is 77.9 Å². The van der Waals surface area contributed by atoms with Crippen LogP contribution in [-0.2, 0) is 12.7 Å². The Morgan fingerprint density at radius 2 is 1.81 bits per heavy atom. The molecule has 0 fully saturated rings. The van der Waals surface area contributed by atoms with Crippen LogP contribution < -0.4 is 10.9 Å². The maximum Gasteiger partial charge on any atom is 0.416 e. The minimum atomic E-state index is -4.42. The zero-order chi connectivity index (χ0) is 25.4. The van der Waals surface area contributed by atoms with Crippen molar-refractivity contribution in [2.24, 2.45) is 0 Å². The van der Waals surface area contributed by atoms with Crippen molar-refractivity contribution in [1.29, 1.82) is 0 Å². The van der Waals surface area contributed by atoms with Crippen LogP contribution in [0.5, 0.6) is 0 Å². The maximum absolute atomic E-state index is 13.0. The highest BCUT2D eigenvalue weighted by atomic mass is 19.4. The predicted molar refractivity (Wildman–Crippen MR) is 131 cm³/mol. The summed E-state index contributed by atoms with van der Waals surface area (Å²) in [7, 11) is 1.72. The van der Waals surface area contributed by atoms with Gasteiger partial charge >= 0.3 is 6.18 Å². The molecule has 5 rings (SSSR count). The zero-order valence-corrected chi connectivity index (χ0v) is 19.4. The van der Waals surface area contributed by atoms with Crippen molar-refractivity contribution in [1.82, 2.24) is 24.3 Å². The number of fused-ring (bicyclic) bond motifs is 1. The quantitative estimate of drug-likeness (QED) is 0.373. The number of para-hydroxylation sites is 1. The van der Waals surface area contributed by atoms with Crippen molar-refractivity contribution in [3.8, 4) is 16.9 Å². The molecule has 5 aromatic rings. The summed E-state index contributed by atoms with van der Waals surface area (Å²) in [6.45, 7) is 2.18. The summed E-state index contributed by atoms with van der Waals surface area (Å²) in [5.74, 6) is 0.466. The minimum absolute atomic E-state index is 0.234. The van der Waals surface area contributed by atoms with E-state index in [9.17, 15) is 18.0 Å². The van der Waals surface area contributed by atoms with E-state index in [0.29, 0.717) is 28.6 Å². The smallest absolute Gasteiger partial charge is 0.357 e. The Morgan fingerprint density at radius 1 is 1.03 bits per heavy atom. The van der Waals surface area contributed by atoms with Gasteiger partial charge in [0, 0.05) is 36.5 Å². The lowest BCUT2D eigenvalue weighted by Crippen LogP contribution is -2.20. The van der Waals surface area contributed by atoms with E-state index in [1.807, 2.05) is 25.1 Å². The van der Waals surface area contributed by atoms with Crippen molar-refractivity contribution in [2.45, 2.75) is 19.6 Å². The first-order valence-electron chi connectivity index (χ1n) is 11.1. The standard InChI is InChI=1S/C26H21F3N6O/c1-16-4-3-5-21-23(33-35(24(16)21)20-8-6-18(7-9-20)26(27,28)29)17-11-13-34(22(36)14-17)15-19-10-12-31-25(30-2)32-19/h3-14H,15H2,1-2H3,(H,30,31,32). The number of hydrogen-bond donors (Lipinski definition) is 1. The Balaban J connectivity index is 1.56. The molecule has 2 aromatic carbocycles. The van der Waals surface area contributed by atoms with E-state index in [1.54, 1.807) is 36.3 Å². The summed E-state index contributed by atoms with van der Waals surface area (Å²) in [5.41, 5.74) is 3.05. The van der Waals surface area contributed by atoms with Crippen molar-refractivity contribution < 1.29 is 13.2 Å². The summed E-state index contributed by atoms with van der Waals surface area (Å²) in [6, 6.07) is 15.6. The molecule has 0 aliphatic carbocycles. The third-order valence-electron chi connectivity index (χ3n) is 5.88. The van der Waals surface area contributed by atoms with Crippen LogP contribution in [0, 0.1) is 6.92 Å². The molecule has 0 radical (unpaired) electrons. The largest absolute Gasteiger partial charge is 0.416 e. The molecule has 0 amide bonds. The Bertz CT molecular complexity index is 1620. The van der Waals surface area contributed by atoms with Gasteiger partial charge in [-0.05, 0) is 48.9 Å². The zero-order valence-electron chi connectivity index (χ0n) is 19.4. The first-order chi connectivity index (χ1) is 17.2. The van der Waals surface area contributed by atoms with Crippen LogP contribution in [0.4, 0.5) is 19.1 Å². The highest BCUT2D eigenvalue weighted by molar-refractivity contribution is 5.95. The third kappa shape index (κ3) is 4.33. The second-order valence-corrected chi connectivity index (χ2v) is 8.28. The summed E-state index contributed by atoms with van der Waals surface area (Å²) >= 11 is 0. The van der Waals surface area contributed by atoms with Gasteiger partial charge in [-0.3, -0.25) is 4.79 Å². The second kappa shape index (κ2) is 8.95. The second-order valence-electron chi connectivity index (χ2n) is 8.28. The van der Waals surface area contributed by atoms with E-state index < -0.39 is 11.7 Å². The van der Waals surface area contributed by atoms with Gasteiger partial charge in [0.15, 0.2) is 0 Å². The van der Waals surface area contributed by atoms with E-state index in [0.717, 1.165) is 28.6 Å². The van der Waals surface area contributed by atoms with E-state index in [-0.39, 0.29) is 12.1 Å². The topological polar surface area (TPSA) is 77.6 Å². The van der Waals surface area contributed by atoms with Crippen molar-refractivity contribution in [2.75, 3.05) is 12.4 Å². The first-order valence-corrected chi connectivity index (χ1v) is 11.1. The van der Waals surface area contributed by atoms with Gasteiger partial charge in [-0.1, -0.05) is 18.2 Å². The molecule has 0 atom stereocenters. The lowest BCUT2D eigenvalue weighted by Gasteiger charge is -2.09. The van der Waals surface area contributed by atoms with Gasteiger partial charge in [-0.15, -0.1) is 0 Å². The van der Waals surface area contributed by atoms with Crippen LogP contribution in [-0.4, -0.2) is 31.4 Å². The molecule has 0 aliphatic rings. The number of aryl methyl sites for hydroxylation is 1. The summed E-state index contributed by atoms with van der Waals surface area (Å²) < 4.78 is 42.3. The monoisotopic (exact) mass is 490 g/mol. The van der Waals surface area contributed by atoms with Crippen LogP contribution in [0.1, 0.15) is 16.8 Å². The summed E-state index contributed by atoms with van der Waals surface area (Å²) in [5, 5.41) is 8.38. The number of benzene rings is 2. The normalized spacial score (nSPS) is 11.7. The Hall–Kier alpha value is -4.47. The number of nitrogens with one attached hydrogen (secondary N) is 1. The molecule has 0 aliphatic heterocycles. The minimum Gasteiger partial charge on any atom is -0.357 e. The number of alkyl halides is 3. The SMILES string of the molecule is CNc1nccc(Cn2ccc(-c3nn(-c4ccc(C(F)(F)F)cc4)c4c(C)cccc34)cc2=O)n1. The molecule has 0 spiro atoms. The molecule has 0 bridgehead atoms. The number of rotatable bonds is 5. The number of hydrogen-bond acceptors (Lipinski definition) is 5. The number of pyridine rings is 1.